The van der Waals surface area contributed by atoms with Gasteiger partial charge in [-0.05, 0) is 72.1 Å². The molecule has 1 aliphatic heterocycles. The number of esters is 1. The van der Waals surface area contributed by atoms with Gasteiger partial charge in [0.15, 0.2) is 0 Å². The molecule has 3 unspecified atom stereocenters. The van der Waals surface area contributed by atoms with Gasteiger partial charge in [0.25, 0.3) is 0 Å². The van der Waals surface area contributed by atoms with E-state index in [0.717, 1.165) is 19.4 Å². The number of nitrogens with zero attached hydrogens (tertiary/aromatic N) is 1. The Bertz CT molecular complexity index is 682. The summed E-state index contributed by atoms with van der Waals surface area (Å²) in [5, 5.41) is 3.26. The Morgan fingerprint density at radius 1 is 1.03 bits per heavy atom. The third-order valence-corrected chi connectivity index (χ3v) is 6.69. The lowest BCUT2D eigenvalue weighted by molar-refractivity contribution is -0.160. The Balaban J connectivity index is 3.13. The molecule has 32 heavy (non-hydrogen) atoms. The molecule has 0 bridgehead atoms. The van der Waals surface area contributed by atoms with Crippen molar-refractivity contribution in [3.05, 3.63) is 0 Å². The van der Waals surface area contributed by atoms with Crippen LogP contribution in [0.3, 0.4) is 0 Å². The van der Waals surface area contributed by atoms with Crippen molar-refractivity contribution in [2.45, 2.75) is 119 Å². The summed E-state index contributed by atoms with van der Waals surface area (Å²) in [4.78, 5) is 40.8. The highest BCUT2D eigenvalue weighted by molar-refractivity contribution is 5.85. The van der Waals surface area contributed by atoms with Crippen molar-refractivity contribution < 1.29 is 19.1 Å². The molecule has 1 heterocycles. The second-order valence-electron chi connectivity index (χ2n) is 12.2. The van der Waals surface area contributed by atoms with Crippen LogP contribution < -0.4 is 5.32 Å². The fourth-order valence-electron chi connectivity index (χ4n) is 5.49. The number of rotatable bonds is 11. The fraction of sp³-hybridized carbons (Fsp3) is 0.885. The van der Waals surface area contributed by atoms with E-state index in [4.69, 9.17) is 4.74 Å². The van der Waals surface area contributed by atoms with E-state index in [0.29, 0.717) is 32.3 Å². The Morgan fingerprint density at radius 2 is 1.62 bits per heavy atom. The Morgan fingerprint density at radius 3 is 2.06 bits per heavy atom. The molecule has 0 saturated carbocycles. The van der Waals surface area contributed by atoms with Crippen molar-refractivity contribution in [1.29, 1.82) is 0 Å². The molecule has 1 saturated heterocycles. The average molecular weight is 453 g/mol. The maximum atomic E-state index is 13.5. The number of carbonyl (C=O) groups excluding carboxylic acids is 3. The van der Waals surface area contributed by atoms with Gasteiger partial charge in [-0.1, -0.05) is 34.6 Å². The molecule has 0 aromatic rings. The number of hydrogen-bond donors (Lipinski definition) is 1. The van der Waals surface area contributed by atoms with Crippen LogP contribution in [0.15, 0.2) is 0 Å². The zero-order chi connectivity index (χ0) is 25.0. The van der Waals surface area contributed by atoms with E-state index in [1.165, 1.54) is 0 Å². The van der Waals surface area contributed by atoms with Gasteiger partial charge in [0.1, 0.15) is 0 Å². The Kier molecular flexibility index (Phi) is 9.39. The first kappa shape index (κ1) is 28.4. The second-order valence-corrected chi connectivity index (χ2v) is 12.2. The van der Waals surface area contributed by atoms with Gasteiger partial charge in [-0.2, -0.15) is 0 Å². The third-order valence-electron chi connectivity index (χ3n) is 6.69. The van der Waals surface area contributed by atoms with Crippen molar-refractivity contribution in [2.75, 3.05) is 13.2 Å². The van der Waals surface area contributed by atoms with Gasteiger partial charge < -0.3 is 15.0 Å². The molecule has 6 nitrogen and oxygen atoms in total. The van der Waals surface area contributed by atoms with Crippen LogP contribution in [0.1, 0.15) is 108 Å². The molecule has 1 N–H and O–H groups in total. The van der Waals surface area contributed by atoms with Gasteiger partial charge >= 0.3 is 5.97 Å². The molecular formula is C26H48N2O4. The first-order valence-corrected chi connectivity index (χ1v) is 12.3. The van der Waals surface area contributed by atoms with E-state index < -0.39 is 10.8 Å². The summed E-state index contributed by atoms with van der Waals surface area (Å²) in [7, 11) is 0. The van der Waals surface area contributed by atoms with Gasteiger partial charge in [0, 0.05) is 30.0 Å². The van der Waals surface area contributed by atoms with Crippen LogP contribution in [-0.2, 0) is 19.1 Å². The van der Waals surface area contributed by atoms with Crippen molar-refractivity contribution in [3.8, 4) is 0 Å². The van der Waals surface area contributed by atoms with E-state index in [2.05, 4.69) is 39.9 Å². The highest BCUT2D eigenvalue weighted by atomic mass is 16.5. The summed E-state index contributed by atoms with van der Waals surface area (Å²) in [5.41, 5.74) is -1.88. The van der Waals surface area contributed by atoms with Crippen molar-refractivity contribution in [1.82, 2.24) is 10.2 Å². The first-order valence-electron chi connectivity index (χ1n) is 12.3. The van der Waals surface area contributed by atoms with Crippen LogP contribution in [0.5, 0.6) is 0 Å². The smallest absolute Gasteiger partial charge is 0.311 e. The lowest BCUT2D eigenvalue weighted by Crippen LogP contribution is -2.53. The van der Waals surface area contributed by atoms with Crippen molar-refractivity contribution in [3.63, 3.8) is 0 Å². The number of carbonyl (C=O) groups is 3. The summed E-state index contributed by atoms with van der Waals surface area (Å²) in [6, 6.07) is -0.0825. The van der Waals surface area contributed by atoms with Gasteiger partial charge in [-0.15, -0.1) is 0 Å². The molecule has 0 aromatic carbocycles. The molecule has 0 radical (unpaired) electrons. The maximum absolute atomic E-state index is 13.5. The number of amides is 2. The lowest BCUT2D eigenvalue weighted by atomic mass is 9.68. The third kappa shape index (κ3) is 7.77. The largest absolute Gasteiger partial charge is 0.466 e. The van der Waals surface area contributed by atoms with E-state index in [1.807, 2.05) is 32.6 Å². The molecule has 0 spiro atoms. The number of ether oxygens (including phenoxy) is 1. The molecule has 0 aliphatic carbocycles. The predicted octanol–water partition coefficient (Wildman–Crippen LogP) is 5.09. The van der Waals surface area contributed by atoms with Gasteiger partial charge in [-0.3, -0.25) is 14.4 Å². The normalized spacial score (nSPS) is 19.8. The van der Waals surface area contributed by atoms with Gasteiger partial charge in [0.2, 0.25) is 11.8 Å². The minimum Gasteiger partial charge on any atom is -0.466 e. The maximum Gasteiger partial charge on any atom is 0.311 e. The Hall–Kier alpha value is -1.59. The van der Waals surface area contributed by atoms with Crippen LogP contribution in [0.2, 0.25) is 0 Å². The molecular weight excluding hydrogens is 404 g/mol. The summed E-state index contributed by atoms with van der Waals surface area (Å²) < 4.78 is 5.46. The quantitative estimate of drug-likeness (QED) is 0.443. The number of likely N-dealkylation sites (tertiary alicyclic amines) is 1. The molecule has 0 aromatic heterocycles. The van der Waals surface area contributed by atoms with Gasteiger partial charge in [-0.25, -0.2) is 0 Å². The predicted molar refractivity (Wildman–Crippen MR) is 129 cm³/mol. The van der Waals surface area contributed by atoms with Crippen LogP contribution in [-0.4, -0.2) is 47.4 Å². The summed E-state index contributed by atoms with van der Waals surface area (Å²) >= 11 is 0. The fourth-order valence-corrected chi connectivity index (χ4v) is 5.49. The lowest BCUT2D eigenvalue weighted by Gasteiger charge is -2.41. The van der Waals surface area contributed by atoms with Crippen LogP contribution in [0.4, 0.5) is 0 Å². The first-order chi connectivity index (χ1) is 14.5. The second kappa shape index (κ2) is 10.6. The standard InChI is InChI=1S/C26H48N2O4/c1-11-25(9,21(30)27-24(7,8)17-23(4,5)6)18-26(10,22(31)32-12-2)16-19(3)28-15-13-14-20(28)29/h19H,11-18H2,1-10H3,(H,27,30). The van der Waals surface area contributed by atoms with Crippen LogP contribution in [0.25, 0.3) is 0 Å². The summed E-state index contributed by atoms with van der Waals surface area (Å²) in [5.74, 6) is -0.182. The highest BCUT2D eigenvalue weighted by Gasteiger charge is 2.47. The molecule has 6 heteroatoms. The van der Waals surface area contributed by atoms with Crippen molar-refractivity contribution in [2.24, 2.45) is 16.2 Å². The summed E-state index contributed by atoms with van der Waals surface area (Å²) in [6.07, 6.45) is 3.73. The zero-order valence-electron chi connectivity index (χ0n) is 22.3. The van der Waals surface area contributed by atoms with Crippen LogP contribution >= 0.6 is 0 Å². The highest BCUT2D eigenvalue weighted by Crippen LogP contribution is 2.42. The molecule has 2 amide bonds. The van der Waals surface area contributed by atoms with Gasteiger partial charge in [0.05, 0.1) is 12.0 Å². The molecule has 3 atom stereocenters. The zero-order valence-corrected chi connectivity index (χ0v) is 22.3. The van der Waals surface area contributed by atoms with Crippen LogP contribution in [0, 0.1) is 16.2 Å². The van der Waals surface area contributed by atoms with E-state index in [-0.39, 0.29) is 34.8 Å². The number of hydrogen-bond acceptors (Lipinski definition) is 4. The topological polar surface area (TPSA) is 75.7 Å². The number of nitrogens with one attached hydrogen (secondary N) is 1. The minimum absolute atomic E-state index is 0.0327. The minimum atomic E-state index is -0.867. The van der Waals surface area contributed by atoms with E-state index in [1.54, 1.807) is 6.92 Å². The van der Waals surface area contributed by atoms with E-state index >= 15 is 0 Å². The molecule has 1 fully saturated rings. The summed E-state index contributed by atoms with van der Waals surface area (Å²) in [6.45, 7) is 21.2. The van der Waals surface area contributed by atoms with E-state index in [9.17, 15) is 14.4 Å². The SMILES string of the molecule is CCOC(=O)C(C)(CC(C)N1CCCC1=O)CC(C)(CC)C(=O)NC(C)(C)CC(C)(C)C. The Labute approximate surface area is 196 Å². The van der Waals surface area contributed by atoms with Crippen molar-refractivity contribution >= 4 is 17.8 Å². The molecule has 1 aliphatic rings. The average Bonchev–Trinajstić information content (AvgIpc) is 3.05. The molecule has 1 rings (SSSR count). The molecule has 186 valence electrons. The monoisotopic (exact) mass is 452 g/mol.